The molecule has 100 valence electrons. The fourth-order valence-electron chi connectivity index (χ4n) is 2.07. The molecule has 0 spiro atoms. The Morgan fingerprint density at radius 2 is 1.74 bits per heavy atom. The Balaban J connectivity index is 2.57. The van der Waals surface area contributed by atoms with Gasteiger partial charge in [-0.1, -0.05) is 37.3 Å². The zero-order chi connectivity index (χ0) is 14.0. The van der Waals surface area contributed by atoms with Gasteiger partial charge in [0, 0.05) is 5.69 Å². The number of rotatable bonds is 2. The molecule has 0 radical (unpaired) electrons. The molecule has 0 bridgehead atoms. The van der Waals surface area contributed by atoms with E-state index in [0.29, 0.717) is 11.3 Å². The van der Waals surface area contributed by atoms with Crippen LogP contribution in [0, 0.1) is 0 Å². The second-order valence-electron chi connectivity index (χ2n) is 4.31. The van der Waals surface area contributed by atoms with Crippen molar-refractivity contribution in [1.29, 1.82) is 0 Å². The average Bonchev–Trinajstić information content (AvgIpc) is 2.37. The molecule has 0 atom stereocenters. The van der Waals surface area contributed by atoms with Crippen LogP contribution < -0.4 is 5.73 Å². The molecule has 2 aromatic rings. The Morgan fingerprint density at radius 1 is 1.05 bits per heavy atom. The highest BCUT2D eigenvalue weighted by atomic mass is 19.4. The molecular weight excluding hydrogens is 251 g/mol. The zero-order valence-corrected chi connectivity index (χ0v) is 10.5. The smallest absolute Gasteiger partial charge is 0.398 e. The molecule has 19 heavy (non-hydrogen) atoms. The van der Waals surface area contributed by atoms with E-state index in [2.05, 4.69) is 0 Å². The third kappa shape index (κ3) is 2.72. The predicted molar refractivity (Wildman–Crippen MR) is 70.7 cm³/mol. The van der Waals surface area contributed by atoms with E-state index in [0.717, 1.165) is 18.1 Å². The Labute approximate surface area is 109 Å². The van der Waals surface area contributed by atoms with E-state index >= 15 is 0 Å². The minimum atomic E-state index is -4.37. The molecule has 0 saturated carbocycles. The number of nitrogen functional groups attached to an aromatic ring is 1. The van der Waals surface area contributed by atoms with E-state index in [4.69, 9.17) is 5.73 Å². The van der Waals surface area contributed by atoms with Gasteiger partial charge >= 0.3 is 6.18 Å². The van der Waals surface area contributed by atoms with Crippen molar-refractivity contribution in [2.75, 3.05) is 5.73 Å². The number of benzene rings is 2. The molecule has 0 fully saturated rings. The second kappa shape index (κ2) is 4.96. The monoisotopic (exact) mass is 265 g/mol. The van der Waals surface area contributed by atoms with Crippen LogP contribution in [0.2, 0.25) is 0 Å². The van der Waals surface area contributed by atoms with Gasteiger partial charge in [-0.2, -0.15) is 13.2 Å². The van der Waals surface area contributed by atoms with Crippen LogP contribution in [0.15, 0.2) is 42.5 Å². The molecule has 2 rings (SSSR count). The number of alkyl halides is 3. The molecule has 0 aliphatic rings. The average molecular weight is 265 g/mol. The van der Waals surface area contributed by atoms with Gasteiger partial charge in [-0.05, 0) is 35.2 Å². The Hall–Kier alpha value is -1.97. The standard InChI is InChI=1S/C15H14F3N/c1-2-10-7-8-11(9-14(10)19)12-5-3-4-6-13(12)15(16,17)18/h3-9H,2,19H2,1H3. The molecule has 0 aliphatic heterocycles. The highest BCUT2D eigenvalue weighted by Gasteiger charge is 2.33. The van der Waals surface area contributed by atoms with Crippen LogP contribution in [0.5, 0.6) is 0 Å². The normalized spacial score (nSPS) is 11.6. The summed E-state index contributed by atoms with van der Waals surface area (Å²) in [5.74, 6) is 0. The lowest BCUT2D eigenvalue weighted by molar-refractivity contribution is -0.137. The lowest BCUT2D eigenvalue weighted by atomic mass is 9.97. The molecule has 0 saturated heterocycles. The topological polar surface area (TPSA) is 26.0 Å². The summed E-state index contributed by atoms with van der Waals surface area (Å²) in [5, 5.41) is 0. The van der Waals surface area contributed by atoms with Crippen LogP contribution in [-0.2, 0) is 12.6 Å². The van der Waals surface area contributed by atoms with Gasteiger partial charge in [0.15, 0.2) is 0 Å². The van der Waals surface area contributed by atoms with E-state index < -0.39 is 11.7 Å². The maximum Gasteiger partial charge on any atom is 0.417 e. The quantitative estimate of drug-likeness (QED) is 0.794. The number of hydrogen-bond acceptors (Lipinski definition) is 1. The molecule has 2 aromatic carbocycles. The van der Waals surface area contributed by atoms with Crippen molar-refractivity contribution in [3.8, 4) is 11.1 Å². The first-order chi connectivity index (χ1) is 8.93. The maximum atomic E-state index is 12.9. The van der Waals surface area contributed by atoms with Crippen LogP contribution in [0.4, 0.5) is 18.9 Å². The van der Waals surface area contributed by atoms with Crippen molar-refractivity contribution < 1.29 is 13.2 Å². The Kier molecular flexibility index (Phi) is 3.51. The molecule has 0 heterocycles. The summed E-state index contributed by atoms with van der Waals surface area (Å²) in [6.07, 6.45) is -3.61. The summed E-state index contributed by atoms with van der Waals surface area (Å²) in [5.41, 5.74) is 7.32. The maximum absolute atomic E-state index is 12.9. The third-order valence-electron chi connectivity index (χ3n) is 3.07. The molecule has 4 heteroatoms. The van der Waals surface area contributed by atoms with Crippen LogP contribution in [0.1, 0.15) is 18.1 Å². The first kappa shape index (κ1) is 13.5. The summed E-state index contributed by atoms with van der Waals surface area (Å²) >= 11 is 0. The van der Waals surface area contributed by atoms with Crippen molar-refractivity contribution in [3.05, 3.63) is 53.6 Å². The summed E-state index contributed by atoms with van der Waals surface area (Å²) in [7, 11) is 0. The van der Waals surface area contributed by atoms with Gasteiger partial charge in [-0.3, -0.25) is 0 Å². The summed E-state index contributed by atoms with van der Waals surface area (Å²) in [6.45, 7) is 1.95. The van der Waals surface area contributed by atoms with Gasteiger partial charge in [0.2, 0.25) is 0 Å². The molecular formula is C15H14F3N. The van der Waals surface area contributed by atoms with Crippen LogP contribution in [0.3, 0.4) is 0 Å². The molecule has 0 unspecified atom stereocenters. The highest BCUT2D eigenvalue weighted by Crippen LogP contribution is 2.37. The number of aryl methyl sites for hydroxylation is 1. The van der Waals surface area contributed by atoms with Crippen LogP contribution >= 0.6 is 0 Å². The third-order valence-corrected chi connectivity index (χ3v) is 3.07. The fraction of sp³-hybridized carbons (Fsp3) is 0.200. The Bertz CT molecular complexity index is 588. The van der Waals surface area contributed by atoms with E-state index in [1.165, 1.54) is 12.1 Å². The van der Waals surface area contributed by atoms with Crippen LogP contribution in [-0.4, -0.2) is 0 Å². The van der Waals surface area contributed by atoms with E-state index in [9.17, 15) is 13.2 Å². The molecule has 0 amide bonds. The van der Waals surface area contributed by atoms with Gasteiger partial charge in [0.25, 0.3) is 0 Å². The molecule has 2 N–H and O–H groups in total. The molecule has 0 aliphatic carbocycles. The van der Waals surface area contributed by atoms with Crippen molar-refractivity contribution in [1.82, 2.24) is 0 Å². The Morgan fingerprint density at radius 3 is 2.32 bits per heavy atom. The van der Waals surface area contributed by atoms with Crippen molar-refractivity contribution >= 4 is 5.69 Å². The van der Waals surface area contributed by atoms with Crippen molar-refractivity contribution in [2.45, 2.75) is 19.5 Å². The number of anilines is 1. The van der Waals surface area contributed by atoms with Crippen molar-refractivity contribution in [2.24, 2.45) is 0 Å². The van der Waals surface area contributed by atoms with Gasteiger partial charge < -0.3 is 5.73 Å². The minimum absolute atomic E-state index is 0.157. The predicted octanol–water partition coefficient (Wildman–Crippen LogP) is 4.52. The number of halogens is 3. The van der Waals surface area contributed by atoms with E-state index in [-0.39, 0.29) is 5.56 Å². The minimum Gasteiger partial charge on any atom is -0.398 e. The summed E-state index contributed by atoms with van der Waals surface area (Å²) in [6, 6.07) is 10.6. The first-order valence-electron chi connectivity index (χ1n) is 5.98. The highest BCUT2D eigenvalue weighted by molar-refractivity contribution is 5.72. The van der Waals surface area contributed by atoms with Crippen LogP contribution in [0.25, 0.3) is 11.1 Å². The zero-order valence-electron chi connectivity index (χ0n) is 10.5. The lowest BCUT2D eigenvalue weighted by Gasteiger charge is -2.14. The number of hydrogen-bond donors (Lipinski definition) is 1. The fourth-order valence-corrected chi connectivity index (χ4v) is 2.07. The largest absolute Gasteiger partial charge is 0.417 e. The van der Waals surface area contributed by atoms with E-state index in [1.54, 1.807) is 24.3 Å². The van der Waals surface area contributed by atoms with Gasteiger partial charge in [-0.15, -0.1) is 0 Å². The molecule has 1 nitrogen and oxygen atoms in total. The van der Waals surface area contributed by atoms with Crippen molar-refractivity contribution in [3.63, 3.8) is 0 Å². The molecule has 0 aromatic heterocycles. The summed E-state index contributed by atoms with van der Waals surface area (Å²) < 4.78 is 38.8. The van der Waals surface area contributed by atoms with Gasteiger partial charge in [0.05, 0.1) is 5.56 Å². The van der Waals surface area contributed by atoms with Gasteiger partial charge in [-0.25, -0.2) is 0 Å². The summed E-state index contributed by atoms with van der Waals surface area (Å²) in [4.78, 5) is 0. The lowest BCUT2D eigenvalue weighted by Crippen LogP contribution is -2.07. The van der Waals surface area contributed by atoms with Gasteiger partial charge in [0.1, 0.15) is 0 Å². The van der Waals surface area contributed by atoms with E-state index in [1.807, 2.05) is 6.92 Å². The number of nitrogens with two attached hydrogens (primary N) is 1. The SMILES string of the molecule is CCc1ccc(-c2ccccc2C(F)(F)F)cc1N. The second-order valence-corrected chi connectivity index (χ2v) is 4.31. The first-order valence-corrected chi connectivity index (χ1v) is 5.98.